The fourth-order valence-corrected chi connectivity index (χ4v) is 2.83. The number of benzene rings is 1. The van der Waals surface area contributed by atoms with E-state index in [4.69, 9.17) is 4.74 Å². The summed E-state index contributed by atoms with van der Waals surface area (Å²) < 4.78 is 6.33. The number of likely N-dealkylation sites (N-methyl/N-ethyl adjacent to an activating group) is 1. The molecule has 20 heavy (non-hydrogen) atoms. The van der Waals surface area contributed by atoms with Gasteiger partial charge in [-0.15, -0.1) is 0 Å². The number of nitrogens with zero attached hydrogens (tertiary/aromatic N) is 1. The summed E-state index contributed by atoms with van der Waals surface area (Å²) in [7, 11) is 1.74. The molecule has 0 amide bonds. The zero-order valence-electron chi connectivity index (χ0n) is 13.1. The molecule has 0 fully saturated rings. The van der Waals surface area contributed by atoms with Gasteiger partial charge >= 0.3 is 0 Å². The van der Waals surface area contributed by atoms with E-state index in [1.165, 1.54) is 11.3 Å². The summed E-state index contributed by atoms with van der Waals surface area (Å²) in [6, 6.07) is 7.01. The molecule has 3 nitrogen and oxygen atoms in total. The highest BCUT2D eigenvalue weighted by molar-refractivity contribution is 9.10. The van der Waals surface area contributed by atoms with E-state index in [1.54, 1.807) is 7.11 Å². The van der Waals surface area contributed by atoms with Gasteiger partial charge in [0.25, 0.3) is 0 Å². The third-order valence-corrected chi connectivity index (χ3v) is 4.10. The van der Waals surface area contributed by atoms with Crippen molar-refractivity contribution in [1.82, 2.24) is 5.32 Å². The van der Waals surface area contributed by atoms with Crippen molar-refractivity contribution in [2.24, 2.45) is 0 Å². The Morgan fingerprint density at radius 3 is 2.65 bits per heavy atom. The number of methoxy groups -OCH3 is 1. The molecule has 1 aromatic rings. The number of anilines is 1. The Kier molecular flexibility index (Phi) is 8.19. The van der Waals surface area contributed by atoms with E-state index in [0.717, 1.165) is 37.1 Å². The molecule has 1 rings (SSSR count). The highest BCUT2D eigenvalue weighted by atomic mass is 79.9. The van der Waals surface area contributed by atoms with E-state index < -0.39 is 0 Å². The molecular formula is C16H27BrN2O. The molecule has 0 saturated heterocycles. The van der Waals surface area contributed by atoms with Crippen molar-refractivity contribution >= 4 is 21.6 Å². The Hall–Kier alpha value is -0.580. The van der Waals surface area contributed by atoms with Gasteiger partial charge in [-0.1, -0.05) is 13.0 Å². The first-order chi connectivity index (χ1) is 9.63. The van der Waals surface area contributed by atoms with Crippen LogP contribution in [-0.4, -0.2) is 33.4 Å². The molecule has 0 radical (unpaired) electrons. The Morgan fingerprint density at radius 2 is 2.10 bits per heavy atom. The lowest BCUT2D eigenvalue weighted by Gasteiger charge is -2.25. The number of ether oxygens (including phenoxy) is 1. The second-order valence-electron chi connectivity index (χ2n) is 4.96. The normalized spacial score (nSPS) is 12.4. The lowest BCUT2D eigenvalue weighted by molar-refractivity contribution is 0.205. The second-order valence-corrected chi connectivity index (χ2v) is 5.81. The van der Waals surface area contributed by atoms with Crippen molar-refractivity contribution in [3.05, 3.63) is 28.2 Å². The van der Waals surface area contributed by atoms with E-state index in [-0.39, 0.29) is 0 Å². The summed E-state index contributed by atoms with van der Waals surface area (Å²) >= 11 is 3.71. The summed E-state index contributed by atoms with van der Waals surface area (Å²) in [6.07, 6.45) is 1.16. The predicted molar refractivity (Wildman–Crippen MR) is 90.6 cm³/mol. The first kappa shape index (κ1) is 17.5. The summed E-state index contributed by atoms with van der Waals surface area (Å²) in [5.74, 6) is 0. The van der Waals surface area contributed by atoms with Gasteiger partial charge in [0.15, 0.2) is 0 Å². The summed E-state index contributed by atoms with van der Waals surface area (Å²) in [6.45, 7) is 10.3. The van der Waals surface area contributed by atoms with E-state index >= 15 is 0 Å². The van der Waals surface area contributed by atoms with Gasteiger partial charge in [0, 0.05) is 30.7 Å². The van der Waals surface area contributed by atoms with Crippen LogP contribution in [0.5, 0.6) is 0 Å². The van der Waals surface area contributed by atoms with Gasteiger partial charge in [0.05, 0.1) is 12.3 Å². The number of hydrogen-bond acceptors (Lipinski definition) is 3. The molecule has 0 bridgehead atoms. The van der Waals surface area contributed by atoms with Crippen LogP contribution in [0.15, 0.2) is 22.7 Å². The lowest BCUT2D eigenvalue weighted by atomic mass is 10.1. The summed E-state index contributed by atoms with van der Waals surface area (Å²) in [5.41, 5.74) is 2.55. The molecule has 0 spiro atoms. The highest BCUT2D eigenvalue weighted by Crippen LogP contribution is 2.29. The van der Waals surface area contributed by atoms with Gasteiger partial charge in [-0.2, -0.15) is 0 Å². The average Bonchev–Trinajstić information content (AvgIpc) is 2.46. The van der Waals surface area contributed by atoms with Gasteiger partial charge in [-0.25, -0.2) is 0 Å². The van der Waals surface area contributed by atoms with Crippen LogP contribution in [0.25, 0.3) is 0 Å². The zero-order valence-corrected chi connectivity index (χ0v) is 14.7. The SMILES string of the molecule is CCCNC(C)c1ccc(N(CC)CCOC)c(Br)c1. The monoisotopic (exact) mass is 342 g/mol. The third kappa shape index (κ3) is 5.08. The van der Waals surface area contributed by atoms with Crippen molar-refractivity contribution in [2.45, 2.75) is 33.2 Å². The molecular weight excluding hydrogens is 316 g/mol. The van der Waals surface area contributed by atoms with Crippen LogP contribution in [0, 0.1) is 0 Å². The minimum atomic E-state index is 0.384. The van der Waals surface area contributed by atoms with Gasteiger partial charge in [-0.05, 0) is 60.4 Å². The first-order valence-electron chi connectivity index (χ1n) is 7.40. The maximum absolute atomic E-state index is 5.17. The molecule has 0 aliphatic carbocycles. The third-order valence-electron chi connectivity index (χ3n) is 3.46. The van der Waals surface area contributed by atoms with Crippen LogP contribution >= 0.6 is 15.9 Å². The van der Waals surface area contributed by atoms with Crippen LogP contribution < -0.4 is 10.2 Å². The van der Waals surface area contributed by atoms with Crippen LogP contribution in [-0.2, 0) is 4.74 Å². The largest absolute Gasteiger partial charge is 0.383 e. The average molecular weight is 343 g/mol. The minimum Gasteiger partial charge on any atom is -0.383 e. The summed E-state index contributed by atoms with van der Waals surface area (Å²) in [4.78, 5) is 2.32. The van der Waals surface area contributed by atoms with Crippen LogP contribution in [0.1, 0.15) is 38.8 Å². The highest BCUT2D eigenvalue weighted by Gasteiger charge is 2.11. The second kappa shape index (κ2) is 9.37. The van der Waals surface area contributed by atoms with Crippen molar-refractivity contribution < 1.29 is 4.74 Å². The van der Waals surface area contributed by atoms with Crippen molar-refractivity contribution in [2.75, 3.05) is 38.3 Å². The Balaban J connectivity index is 2.80. The molecule has 1 aromatic carbocycles. The van der Waals surface area contributed by atoms with E-state index in [9.17, 15) is 0 Å². The van der Waals surface area contributed by atoms with Gasteiger partial charge in [0.1, 0.15) is 0 Å². The molecule has 0 aliphatic rings. The number of halogens is 1. The fourth-order valence-electron chi connectivity index (χ4n) is 2.18. The molecule has 0 aliphatic heterocycles. The van der Waals surface area contributed by atoms with Crippen molar-refractivity contribution in [1.29, 1.82) is 0 Å². The first-order valence-corrected chi connectivity index (χ1v) is 8.20. The van der Waals surface area contributed by atoms with E-state index in [1.807, 2.05) is 0 Å². The summed E-state index contributed by atoms with van der Waals surface area (Å²) in [5, 5.41) is 3.52. The minimum absolute atomic E-state index is 0.384. The molecule has 1 unspecified atom stereocenters. The maximum atomic E-state index is 5.17. The Labute approximate surface area is 131 Å². The fraction of sp³-hybridized carbons (Fsp3) is 0.625. The number of rotatable bonds is 9. The van der Waals surface area contributed by atoms with Crippen LogP contribution in [0.2, 0.25) is 0 Å². The lowest BCUT2D eigenvalue weighted by Crippen LogP contribution is -2.27. The van der Waals surface area contributed by atoms with Crippen LogP contribution in [0.3, 0.4) is 0 Å². The Bertz CT molecular complexity index is 398. The smallest absolute Gasteiger partial charge is 0.0637 e. The van der Waals surface area contributed by atoms with Crippen molar-refractivity contribution in [3.8, 4) is 0 Å². The van der Waals surface area contributed by atoms with E-state index in [2.05, 4.69) is 65.1 Å². The van der Waals surface area contributed by atoms with Gasteiger partial charge in [0.2, 0.25) is 0 Å². The van der Waals surface area contributed by atoms with E-state index in [0.29, 0.717) is 6.04 Å². The topological polar surface area (TPSA) is 24.5 Å². The van der Waals surface area contributed by atoms with Gasteiger partial charge < -0.3 is 15.0 Å². The Morgan fingerprint density at radius 1 is 1.35 bits per heavy atom. The standard InChI is InChI=1S/C16H27BrN2O/c1-5-9-18-13(3)14-7-8-16(15(17)12-14)19(6-2)10-11-20-4/h7-8,12-13,18H,5-6,9-11H2,1-4H3. The molecule has 0 aromatic heterocycles. The quantitative estimate of drug-likeness (QED) is 0.734. The number of hydrogen-bond donors (Lipinski definition) is 1. The zero-order chi connectivity index (χ0) is 15.0. The molecule has 4 heteroatoms. The van der Waals surface area contributed by atoms with Crippen LogP contribution in [0.4, 0.5) is 5.69 Å². The maximum Gasteiger partial charge on any atom is 0.0637 e. The molecule has 1 atom stereocenters. The number of nitrogens with one attached hydrogen (secondary N) is 1. The molecule has 1 N–H and O–H groups in total. The molecule has 0 heterocycles. The van der Waals surface area contributed by atoms with Crippen molar-refractivity contribution in [3.63, 3.8) is 0 Å². The predicted octanol–water partition coefficient (Wildman–Crippen LogP) is 3.98. The molecule has 114 valence electrons. The van der Waals surface area contributed by atoms with Gasteiger partial charge in [-0.3, -0.25) is 0 Å². The molecule has 0 saturated carbocycles.